The molecule has 0 aromatic heterocycles. The van der Waals surface area contributed by atoms with Crippen LogP contribution in [-0.4, -0.2) is 37.1 Å². The van der Waals surface area contributed by atoms with E-state index in [0.717, 1.165) is 17.4 Å². The van der Waals surface area contributed by atoms with Crippen LogP contribution in [0.1, 0.15) is 52.9 Å². The molecule has 17 heavy (non-hydrogen) atoms. The molecular formula is C15H30N2. The molecule has 2 nitrogen and oxygen atoms in total. The topological polar surface area (TPSA) is 15.3 Å². The zero-order chi connectivity index (χ0) is 12.3. The highest BCUT2D eigenvalue weighted by Crippen LogP contribution is 2.49. The van der Waals surface area contributed by atoms with E-state index in [2.05, 4.69) is 31.0 Å². The molecule has 2 atom stereocenters. The van der Waals surface area contributed by atoms with Crippen molar-refractivity contribution >= 4 is 0 Å². The summed E-state index contributed by atoms with van der Waals surface area (Å²) >= 11 is 0. The smallest absolute Gasteiger partial charge is 0.0117 e. The summed E-state index contributed by atoms with van der Waals surface area (Å²) in [6, 6.07) is 0.767. The average molecular weight is 238 g/mol. The fraction of sp³-hybridized carbons (Fsp3) is 1.00. The van der Waals surface area contributed by atoms with Crippen molar-refractivity contribution in [3.8, 4) is 0 Å². The van der Waals surface area contributed by atoms with E-state index >= 15 is 0 Å². The number of nitrogens with zero attached hydrogens (tertiary/aromatic N) is 1. The van der Waals surface area contributed by atoms with E-state index in [1.807, 2.05) is 0 Å². The molecule has 1 aliphatic carbocycles. The Hall–Kier alpha value is -0.0800. The SMILES string of the molecule is CCCNC1CCN(CC2(CC)CC2)CC1C. The third-order valence-electron chi connectivity index (χ3n) is 4.91. The lowest BCUT2D eigenvalue weighted by atomic mass is 9.92. The second-order valence-electron chi connectivity index (χ2n) is 6.42. The molecule has 2 aliphatic rings. The van der Waals surface area contributed by atoms with E-state index in [0.29, 0.717) is 0 Å². The number of piperidine rings is 1. The van der Waals surface area contributed by atoms with Crippen LogP contribution in [0.4, 0.5) is 0 Å². The van der Waals surface area contributed by atoms with E-state index in [-0.39, 0.29) is 0 Å². The van der Waals surface area contributed by atoms with E-state index < -0.39 is 0 Å². The van der Waals surface area contributed by atoms with Gasteiger partial charge in [-0.3, -0.25) is 0 Å². The van der Waals surface area contributed by atoms with Crippen LogP contribution in [0.5, 0.6) is 0 Å². The summed E-state index contributed by atoms with van der Waals surface area (Å²) < 4.78 is 0. The molecule has 0 aromatic carbocycles. The molecule has 2 heteroatoms. The maximum absolute atomic E-state index is 3.71. The summed E-state index contributed by atoms with van der Waals surface area (Å²) in [6.45, 7) is 12.2. The van der Waals surface area contributed by atoms with Gasteiger partial charge in [-0.05, 0) is 56.5 Å². The van der Waals surface area contributed by atoms with Crippen molar-refractivity contribution in [2.75, 3.05) is 26.2 Å². The predicted octanol–water partition coefficient (Wildman–Crippen LogP) is 2.89. The van der Waals surface area contributed by atoms with Gasteiger partial charge in [0.2, 0.25) is 0 Å². The third-order valence-corrected chi connectivity index (χ3v) is 4.91. The molecule has 1 saturated carbocycles. The summed E-state index contributed by atoms with van der Waals surface area (Å²) in [5, 5.41) is 3.71. The monoisotopic (exact) mass is 238 g/mol. The molecule has 100 valence electrons. The van der Waals surface area contributed by atoms with Crippen LogP contribution in [0.3, 0.4) is 0 Å². The van der Waals surface area contributed by atoms with E-state index in [1.54, 1.807) is 0 Å². The van der Waals surface area contributed by atoms with Crippen LogP contribution in [-0.2, 0) is 0 Å². The molecule has 0 bridgehead atoms. The summed E-state index contributed by atoms with van der Waals surface area (Å²) in [5.74, 6) is 0.822. The van der Waals surface area contributed by atoms with Gasteiger partial charge in [0.1, 0.15) is 0 Å². The fourth-order valence-corrected chi connectivity index (χ4v) is 3.28. The zero-order valence-electron chi connectivity index (χ0n) is 12.0. The van der Waals surface area contributed by atoms with Gasteiger partial charge >= 0.3 is 0 Å². The lowest BCUT2D eigenvalue weighted by molar-refractivity contribution is 0.122. The minimum Gasteiger partial charge on any atom is -0.314 e. The first-order valence-electron chi connectivity index (χ1n) is 7.65. The van der Waals surface area contributed by atoms with Gasteiger partial charge in [-0.25, -0.2) is 0 Å². The van der Waals surface area contributed by atoms with Crippen LogP contribution in [0.2, 0.25) is 0 Å². The molecule has 2 fully saturated rings. The Morgan fingerprint density at radius 2 is 2.06 bits per heavy atom. The molecule has 1 saturated heterocycles. The van der Waals surface area contributed by atoms with Crippen molar-refractivity contribution in [1.29, 1.82) is 0 Å². The molecule has 1 heterocycles. The lowest BCUT2D eigenvalue weighted by Crippen LogP contribution is -2.49. The van der Waals surface area contributed by atoms with E-state index in [9.17, 15) is 0 Å². The number of nitrogens with one attached hydrogen (secondary N) is 1. The van der Waals surface area contributed by atoms with Crippen LogP contribution < -0.4 is 5.32 Å². The maximum Gasteiger partial charge on any atom is 0.0117 e. The van der Waals surface area contributed by atoms with Crippen LogP contribution in [0.15, 0.2) is 0 Å². The predicted molar refractivity (Wildman–Crippen MR) is 74.3 cm³/mol. The number of rotatable bonds is 6. The van der Waals surface area contributed by atoms with Crippen molar-refractivity contribution < 1.29 is 0 Å². The van der Waals surface area contributed by atoms with Gasteiger partial charge in [0.05, 0.1) is 0 Å². The number of hydrogen-bond donors (Lipinski definition) is 1. The average Bonchev–Trinajstić information content (AvgIpc) is 3.09. The van der Waals surface area contributed by atoms with Gasteiger partial charge in [-0.1, -0.05) is 20.8 Å². The van der Waals surface area contributed by atoms with Crippen molar-refractivity contribution in [1.82, 2.24) is 10.2 Å². The second-order valence-corrected chi connectivity index (χ2v) is 6.42. The molecule has 2 rings (SSSR count). The van der Waals surface area contributed by atoms with Crippen molar-refractivity contribution in [2.24, 2.45) is 11.3 Å². The molecule has 2 unspecified atom stereocenters. The highest BCUT2D eigenvalue weighted by molar-refractivity contribution is 4.96. The van der Waals surface area contributed by atoms with Crippen LogP contribution in [0, 0.1) is 11.3 Å². The molecule has 1 N–H and O–H groups in total. The summed E-state index contributed by atoms with van der Waals surface area (Å²) in [7, 11) is 0. The first kappa shape index (κ1) is 13.4. The van der Waals surface area contributed by atoms with Crippen LogP contribution in [0.25, 0.3) is 0 Å². The first-order chi connectivity index (χ1) is 8.19. The Labute approximate surface area is 107 Å². The summed E-state index contributed by atoms with van der Waals surface area (Å²) in [6.07, 6.45) is 6.94. The zero-order valence-corrected chi connectivity index (χ0v) is 12.0. The van der Waals surface area contributed by atoms with E-state index in [4.69, 9.17) is 0 Å². The van der Waals surface area contributed by atoms with Gasteiger partial charge in [-0.2, -0.15) is 0 Å². The minimum atomic E-state index is 0.726. The van der Waals surface area contributed by atoms with Gasteiger partial charge in [0, 0.05) is 19.1 Å². The number of likely N-dealkylation sites (tertiary alicyclic amines) is 1. The Balaban J connectivity index is 1.74. The highest BCUT2D eigenvalue weighted by atomic mass is 15.2. The van der Waals surface area contributed by atoms with Crippen molar-refractivity contribution in [3.63, 3.8) is 0 Å². The largest absolute Gasteiger partial charge is 0.314 e. The van der Waals surface area contributed by atoms with Crippen molar-refractivity contribution in [2.45, 2.75) is 58.9 Å². The van der Waals surface area contributed by atoms with Crippen LogP contribution >= 0.6 is 0 Å². The van der Waals surface area contributed by atoms with Gasteiger partial charge in [0.25, 0.3) is 0 Å². The molecule has 1 aliphatic heterocycles. The molecular weight excluding hydrogens is 208 g/mol. The lowest BCUT2D eigenvalue weighted by Gasteiger charge is -2.39. The maximum atomic E-state index is 3.71. The van der Waals surface area contributed by atoms with Gasteiger partial charge < -0.3 is 10.2 Å². The summed E-state index contributed by atoms with van der Waals surface area (Å²) in [5.41, 5.74) is 0.726. The Bertz CT molecular complexity index is 235. The highest BCUT2D eigenvalue weighted by Gasteiger charge is 2.42. The third kappa shape index (κ3) is 3.45. The quantitative estimate of drug-likeness (QED) is 0.765. The van der Waals surface area contributed by atoms with Crippen molar-refractivity contribution in [3.05, 3.63) is 0 Å². The Kier molecular flexibility index (Phi) is 4.48. The second kappa shape index (κ2) is 5.71. The minimum absolute atomic E-state index is 0.726. The van der Waals surface area contributed by atoms with Gasteiger partial charge in [-0.15, -0.1) is 0 Å². The fourth-order valence-electron chi connectivity index (χ4n) is 3.28. The molecule has 0 spiro atoms. The molecule has 0 radical (unpaired) electrons. The van der Waals surface area contributed by atoms with E-state index in [1.165, 1.54) is 58.3 Å². The molecule has 0 aromatic rings. The Morgan fingerprint density at radius 1 is 1.29 bits per heavy atom. The Morgan fingerprint density at radius 3 is 2.59 bits per heavy atom. The number of hydrogen-bond acceptors (Lipinski definition) is 2. The summed E-state index contributed by atoms with van der Waals surface area (Å²) in [4.78, 5) is 2.73. The first-order valence-corrected chi connectivity index (χ1v) is 7.65. The normalized spacial score (nSPS) is 32.6. The standard InChI is InChI=1S/C15H30N2/c1-4-9-16-14-6-10-17(11-13(14)3)12-15(5-2)7-8-15/h13-14,16H,4-12H2,1-3H3. The van der Waals surface area contributed by atoms with Gasteiger partial charge in [0.15, 0.2) is 0 Å². The molecule has 0 amide bonds.